The molecule has 0 spiro atoms. The smallest absolute Gasteiger partial charge is 0.331 e. The topological polar surface area (TPSA) is 98.5 Å². The van der Waals surface area contributed by atoms with Crippen LogP contribution >= 0.6 is 23.2 Å². The third-order valence-corrected chi connectivity index (χ3v) is 4.19. The van der Waals surface area contributed by atoms with Gasteiger partial charge < -0.3 is 15.8 Å². The molecule has 1 atom stereocenters. The van der Waals surface area contributed by atoms with E-state index in [4.69, 9.17) is 33.7 Å². The predicted octanol–water partition coefficient (Wildman–Crippen LogP) is 3.68. The molecule has 8 heteroatoms. The summed E-state index contributed by atoms with van der Waals surface area (Å²) in [4.78, 5) is 35.0. The van der Waals surface area contributed by atoms with E-state index < -0.39 is 23.9 Å². The predicted molar refractivity (Wildman–Crippen MR) is 105 cm³/mol. The number of nitrogens with two attached hydrogens (primary N) is 1. The summed E-state index contributed by atoms with van der Waals surface area (Å²) in [5.74, 6) is -1.77. The van der Waals surface area contributed by atoms with Crippen molar-refractivity contribution in [1.29, 1.82) is 0 Å². The molecule has 0 bridgehead atoms. The Bertz CT molecular complexity index is 895. The average molecular weight is 407 g/mol. The lowest BCUT2D eigenvalue weighted by atomic mass is 10.2. The molecular weight excluding hydrogens is 391 g/mol. The number of carbonyl (C=O) groups is 3. The van der Waals surface area contributed by atoms with Gasteiger partial charge in [-0.15, -0.1) is 0 Å². The van der Waals surface area contributed by atoms with Crippen LogP contribution in [0.2, 0.25) is 10.0 Å². The van der Waals surface area contributed by atoms with Gasteiger partial charge in [0.2, 0.25) is 5.91 Å². The van der Waals surface area contributed by atoms with Gasteiger partial charge in [-0.3, -0.25) is 9.59 Å². The van der Waals surface area contributed by atoms with Crippen LogP contribution < -0.4 is 11.1 Å². The molecule has 2 rings (SSSR count). The van der Waals surface area contributed by atoms with Gasteiger partial charge >= 0.3 is 5.97 Å². The highest BCUT2D eigenvalue weighted by molar-refractivity contribution is 6.42. The fourth-order valence-corrected chi connectivity index (χ4v) is 2.32. The summed E-state index contributed by atoms with van der Waals surface area (Å²) in [7, 11) is 0. The standard InChI is InChI=1S/C19H16Cl2N2O4/c1-11(19(26)23-14-6-4-13(5-7-14)18(22)25)27-17(24)9-3-12-2-8-15(20)16(21)10-12/h2-11H,1H3,(H2,22,25)(H,23,26)/b9-3+. The summed E-state index contributed by atoms with van der Waals surface area (Å²) in [5.41, 5.74) is 6.57. The van der Waals surface area contributed by atoms with E-state index in [0.29, 0.717) is 26.9 Å². The van der Waals surface area contributed by atoms with Crippen LogP contribution in [0.25, 0.3) is 6.08 Å². The van der Waals surface area contributed by atoms with Crippen LogP contribution in [0.3, 0.4) is 0 Å². The Balaban J connectivity index is 1.90. The fraction of sp³-hybridized carbons (Fsp3) is 0.105. The fourth-order valence-electron chi connectivity index (χ4n) is 2.01. The van der Waals surface area contributed by atoms with Crippen molar-refractivity contribution in [2.75, 3.05) is 5.32 Å². The highest BCUT2D eigenvalue weighted by Gasteiger charge is 2.16. The first-order valence-electron chi connectivity index (χ1n) is 7.80. The van der Waals surface area contributed by atoms with Crippen molar-refractivity contribution in [2.45, 2.75) is 13.0 Å². The second kappa shape index (κ2) is 9.21. The van der Waals surface area contributed by atoms with Gasteiger partial charge in [-0.05, 0) is 55.0 Å². The second-order valence-electron chi connectivity index (χ2n) is 5.52. The maximum absolute atomic E-state index is 12.1. The minimum Gasteiger partial charge on any atom is -0.449 e. The van der Waals surface area contributed by atoms with Gasteiger partial charge in [-0.2, -0.15) is 0 Å². The molecule has 0 saturated heterocycles. The van der Waals surface area contributed by atoms with Crippen LogP contribution in [0.1, 0.15) is 22.8 Å². The molecule has 0 fully saturated rings. The molecule has 2 aromatic carbocycles. The molecule has 0 aliphatic carbocycles. The van der Waals surface area contributed by atoms with Crippen LogP contribution in [-0.2, 0) is 14.3 Å². The summed E-state index contributed by atoms with van der Waals surface area (Å²) >= 11 is 11.7. The Labute approximate surface area is 165 Å². The summed E-state index contributed by atoms with van der Waals surface area (Å²) in [6.07, 6.45) is 1.66. The zero-order valence-corrected chi connectivity index (χ0v) is 15.8. The van der Waals surface area contributed by atoms with E-state index in [1.54, 1.807) is 18.2 Å². The quantitative estimate of drug-likeness (QED) is 0.564. The molecule has 0 heterocycles. The molecule has 0 aromatic heterocycles. The number of nitrogens with one attached hydrogen (secondary N) is 1. The van der Waals surface area contributed by atoms with E-state index in [-0.39, 0.29) is 0 Å². The normalized spacial score (nSPS) is 11.8. The maximum Gasteiger partial charge on any atom is 0.331 e. The van der Waals surface area contributed by atoms with E-state index in [1.807, 2.05) is 0 Å². The van der Waals surface area contributed by atoms with Gasteiger partial charge in [0.25, 0.3) is 5.91 Å². The van der Waals surface area contributed by atoms with E-state index in [9.17, 15) is 14.4 Å². The number of benzene rings is 2. The summed E-state index contributed by atoms with van der Waals surface area (Å²) < 4.78 is 5.05. The van der Waals surface area contributed by atoms with Crippen molar-refractivity contribution < 1.29 is 19.1 Å². The number of halogens is 2. The first-order valence-corrected chi connectivity index (χ1v) is 8.56. The van der Waals surface area contributed by atoms with Crippen molar-refractivity contribution in [1.82, 2.24) is 0 Å². The third-order valence-electron chi connectivity index (χ3n) is 3.45. The van der Waals surface area contributed by atoms with Crippen LogP contribution in [0.4, 0.5) is 5.69 Å². The van der Waals surface area contributed by atoms with E-state index in [2.05, 4.69) is 5.32 Å². The molecule has 2 aromatic rings. The molecular formula is C19H16Cl2N2O4. The number of esters is 1. The molecule has 1 unspecified atom stereocenters. The third kappa shape index (κ3) is 6.13. The lowest BCUT2D eigenvalue weighted by Crippen LogP contribution is -2.29. The molecule has 6 nitrogen and oxygen atoms in total. The van der Waals surface area contributed by atoms with Crippen molar-refractivity contribution >= 4 is 52.7 Å². The SMILES string of the molecule is CC(OC(=O)/C=C/c1ccc(Cl)c(Cl)c1)C(=O)Nc1ccc(C(N)=O)cc1. The average Bonchev–Trinajstić information content (AvgIpc) is 2.63. The van der Waals surface area contributed by atoms with E-state index in [0.717, 1.165) is 0 Å². The number of carbonyl (C=O) groups excluding carboxylic acids is 3. The zero-order chi connectivity index (χ0) is 20.0. The Morgan fingerprint density at radius 3 is 2.33 bits per heavy atom. The largest absolute Gasteiger partial charge is 0.449 e. The van der Waals surface area contributed by atoms with Crippen LogP contribution in [0.15, 0.2) is 48.5 Å². The number of hydrogen-bond donors (Lipinski definition) is 2. The zero-order valence-electron chi connectivity index (χ0n) is 14.2. The van der Waals surface area contributed by atoms with Crippen molar-refractivity contribution in [3.8, 4) is 0 Å². The second-order valence-corrected chi connectivity index (χ2v) is 6.33. The Morgan fingerprint density at radius 1 is 1.07 bits per heavy atom. The minimum absolute atomic E-state index is 0.319. The molecule has 0 radical (unpaired) electrons. The Kier molecular flexibility index (Phi) is 6.98. The molecule has 27 heavy (non-hydrogen) atoms. The summed E-state index contributed by atoms with van der Waals surface area (Å²) in [5, 5.41) is 3.35. The molecule has 0 saturated carbocycles. The van der Waals surface area contributed by atoms with Gasteiger partial charge in [-0.1, -0.05) is 29.3 Å². The number of amides is 2. The van der Waals surface area contributed by atoms with Crippen molar-refractivity contribution in [3.63, 3.8) is 0 Å². The number of anilines is 1. The van der Waals surface area contributed by atoms with Crippen LogP contribution in [0.5, 0.6) is 0 Å². The lowest BCUT2D eigenvalue weighted by Gasteiger charge is -2.12. The van der Waals surface area contributed by atoms with Crippen molar-refractivity contribution in [3.05, 3.63) is 69.7 Å². The van der Waals surface area contributed by atoms with E-state index in [1.165, 1.54) is 43.3 Å². The highest BCUT2D eigenvalue weighted by Crippen LogP contribution is 2.23. The van der Waals surface area contributed by atoms with Gasteiger partial charge in [-0.25, -0.2) is 4.79 Å². The van der Waals surface area contributed by atoms with Gasteiger partial charge in [0.05, 0.1) is 10.0 Å². The molecule has 0 aliphatic rings. The van der Waals surface area contributed by atoms with Crippen LogP contribution in [0, 0.1) is 0 Å². The van der Waals surface area contributed by atoms with Gasteiger partial charge in [0, 0.05) is 17.3 Å². The number of primary amides is 1. The summed E-state index contributed by atoms with van der Waals surface area (Å²) in [6.45, 7) is 1.44. The van der Waals surface area contributed by atoms with Crippen molar-refractivity contribution in [2.24, 2.45) is 5.73 Å². The first-order chi connectivity index (χ1) is 12.8. The van der Waals surface area contributed by atoms with E-state index >= 15 is 0 Å². The summed E-state index contributed by atoms with van der Waals surface area (Å²) in [6, 6.07) is 10.9. The lowest BCUT2D eigenvalue weighted by molar-refractivity contribution is -0.148. The van der Waals surface area contributed by atoms with Gasteiger partial charge in [0.15, 0.2) is 6.10 Å². The molecule has 0 aliphatic heterocycles. The highest BCUT2D eigenvalue weighted by atomic mass is 35.5. The Hall–Kier alpha value is -2.83. The first kappa shape index (κ1) is 20.5. The monoisotopic (exact) mass is 406 g/mol. The van der Waals surface area contributed by atoms with Gasteiger partial charge in [0.1, 0.15) is 0 Å². The maximum atomic E-state index is 12.1. The number of ether oxygens (including phenoxy) is 1. The molecule has 3 N–H and O–H groups in total. The Morgan fingerprint density at radius 2 is 1.74 bits per heavy atom. The molecule has 2 amide bonds. The number of hydrogen-bond acceptors (Lipinski definition) is 4. The number of rotatable bonds is 6. The molecule has 140 valence electrons. The minimum atomic E-state index is -1.02. The van der Waals surface area contributed by atoms with Crippen LogP contribution in [-0.4, -0.2) is 23.9 Å².